The summed E-state index contributed by atoms with van der Waals surface area (Å²) in [7, 11) is 1.64. The fourth-order valence-corrected chi connectivity index (χ4v) is 4.30. The molecule has 0 radical (unpaired) electrons. The molecule has 4 rings (SSSR count). The second-order valence-corrected chi connectivity index (χ2v) is 8.46. The highest BCUT2D eigenvalue weighted by atomic mass is 16.5. The van der Waals surface area contributed by atoms with Crippen molar-refractivity contribution < 1.29 is 19.0 Å². The first kappa shape index (κ1) is 23.8. The third-order valence-corrected chi connectivity index (χ3v) is 6.06. The smallest absolute Gasteiger partial charge is 0.273 e. The summed E-state index contributed by atoms with van der Waals surface area (Å²) in [4.78, 5) is 15.2. The van der Waals surface area contributed by atoms with E-state index in [-0.39, 0.29) is 11.9 Å². The van der Waals surface area contributed by atoms with Gasteiger partial charge in [-0.3, -0.25) is 9.89 Å². The van der Waals surface area contributed by atoms with Gasteiger partial charge in [0.05, 0.1) is 31.6 Å². The molecule has 0 saturated carbocycles. The number of aryl methyl sites for hydroxylation is 1. The number of aromatic nitrogens is 2. The second kappa shape index (κ2) is 10.7. The number of benzene rings is 2. The van der Waals surface area contributed by atoms with Crippen LogP contribution in [-0.2, 0) is 4.74 Å². The standard InChI is InChI=1S/C27H33N3O4/c1-5-7-15-34-21-13-12-20(17-22(21)33-6-2)26-23-24(19-10-8-18(3)9-11-19)28-29-25(23)27(31)30(26)14-16-32-4/h8-13,17,26H,5-7,14-16H2,1-4H3,(H,28,29). The molecule has 1 aliphatic heterocycles. The Labute approximate surface area is 201 Å². The number of amides is 1. The van der Waals surface area contributed by atoms with E-state index in [1.54, 1.807) is 7.11 Å². The Hall–Kier alpha value is -3.32. The molecule has 2 heterocycles. The molecule has 1 unspecified atom stereocenters. The number of rotatable bonds is 11. The van der Waals surface area contributed by atoms with Crippen molar-refractivity contribution in [3.63, 3.8) is 0 Å². The molecule has 0 aliphatic carbocycles. The second-order valence-electron chi connectivity index (χ2n) is 8.46. The molecular weight excluding hydrogens is 430 g/mol. The Balaban J connectivity index is 1.79. The normalized spacial score (nSPS) is 15.0. The zero-order chi connectivity index (χ0) is 24.1. The van der Waals surface area contributed by atoms with E-state index in [9.17, 15) is 4.79 Å². The van der Waals surface area contributed by atoms with Gasteiger partial charge in [-0.05, 0) is 38.0 Å². The number of nitrogens with zero attached hydrogens (tertiary/aromatic N) is 2. The molecule has 1 amide bonds. The molecule has 34 heavy (non-hydrogen) atoms. The number of fused-ring (bicyclic) bond motifs is 1. The minimum Gasteiger partial charge on any atom is -0.490 e. The summed E-state index contributed by atoms with van der Waals surface area (Å²) in [5, 5.41) is 7.55. The predicted octanol–water partition coefficient (Wildman–Crippen LogP) is 5.15. The Kier molecular flexibility index (Phi) is 7.53. The number of hydrogen-bond donors (Lipinski definition) is 1. The summed E-state index contributed by atoms with van der Waals surface area (Å²) in [6.07, 6.45) is 2.04. The monoisotopic (exact) mass is 463 g/mol. The molecule has 0 spiro atoms. The van der Waals surface area contributed by atoms with Crippen LogP contribution in [0.25, 0.3) is 11.3 Å². The van der Waals surface area contributed by atoms with E-state index >= 15 is 0 Å². The van der Waals surface area contributed by atoms with Gasteiger partial charge in [0.2, 0.25) is 0 Å². The number of carbonyl (C=O) groups excluding carboxylic acids is 1. The zero-order valence-corrected chi connectivity index (χ0v) is 20.4. The molecule has 3 aromatic rings. The van der Waals surface area contributed by atoms with Gasteiger partial charge >= 0.3 is 0 Å². The van der Waals surface area contributed by atoms with Gasteiger partial charge in [-0.25, -0.2) is 0 Å². The van der Waals surface area contributed by atoms with E-state index in [1.165, 1.54) is 5.56 Å². The minimum atomic E-state index is -0.309. The van der Waals surface area contributed by atoms with Gasteiger partial charge in [-0.2, -0.15) is 5.10 Å². The van der Waals surface area contributed by atoms with Crippen molar-refractivity contribution in [2.24, 2.45) is 0 Å². The topological polar surface area (TPSA) is 76.7 Å². The Morgan fingerprint density at radius 1 is 1.03 bits per heavy atom. The minimum absolute atomic E-state index is 0.0795. The average molecular weight is 464 g/mol. The molecular formula is C27H33N3O4. The van der Waals surface area contributed by atoms with Gasteiger partial charge in [-0.15, -0.1) is 0 Å². The van der Waals surface area contributed by atoms with E-state index in [2.05, 4.69) is 36.2 Å². The summed E-state index contributed by atoms with van der Waals surface area (Å²) >= 11 is 0. The van der Waals surface area contributed by atoms with Crippen LogP contribution in [0.15, 0.2) is 42.5 Å². The van der Waals surface area contributed by atoms with Crippen molar-refractivity contribution in [1.82, 2.24) is 15.1 Å². The fraction of sp³-hybridized carbons (Fsp3) is 0.407. The summed E-state index contributed by atoms with van der Waals surface area (Å²) in [6, 6.07) is 13.8. The van der Waals surface area contributed by atoms with Gasteiger partial charge in [0.15, 0.2) is 11.5 Å². The molecule has 7 heteroatoms. The Morgan fingerprint density at radius 3 is 2.53 bits per heavy atom. The van der Waals surface area contributed by atoms with Crippen LogP contribution < -0.4 is 9.47 Å². The largest absolute Gasteiger partial charge is 0.490 e. The van der Waals surface area contributed by atoms with Crippen LogP contribution >= 0.6 is 0 Å². The van der Waals surface area contributed by atoms with E-state index in [0.717, 1.165) is 41.0 Å². The third-order valence-electron chi connectivity index (χ3n) is 6.06. The van der Waals surface area contributed by atoms with Crippen molar-refractivity contribution in [3.05, 3.63) is 64.8 Å². The maximum atomic E-state index is 13.4. The van der Waals surface area contributed by atoms with Crippen molar-refractivity contribution in [2.75, 3.05) is 33.5 Å². The summed E-state index contributed by atoms with van der Waals surface area (Å²) < 4.78 is 17.2. The molecule has 0 fully saturated rings. The predicted molar refractivity (Wildman–Crippen MR) is 132 cm³/mol. The first-order chi connectivity index (χ1) is 16.6. The van der Waals surface area contributed by atoms with Crippen molar-refractivity contribution in [2.45, 2.75) is 39.7 Å². The van der Waals surface area contributed by atoms with Crippen LogP contribution in [0.2, 0.25) is 0 Å². The lowest BCUT2D eigenvalue weighted by atomic mass is 9.95. The summed E-state index contributed by atoms with van der Waals surface area (Å²) in [5.74, 6) is 1.33. The van der Waals surface area contributed by atoms with Gasteiger partial charge in [-0.1, -0.05) is 49.2 Å². The van der Waals surface area contributed by atoms with Crippen LogP contribution in [0.5, 0.6) is 11.5 Å². The molecule has 7 nitrogen and oxygen atoms in total. The van der Waals surface area contributed by atoms with Crippen LogP contribution in [0.1, 0.15) is 59.9 Å². The quantitative estimate of drug-likeness (QED) is 0.398. The number of aromatic amines is 1. The average Bonchev–Trinajstić information content (AvgIpc) is 3.38. The lowest BCUT2D eigenvalue weighted by molar-refractivity contribution is 0.0677. The fourth-order valence-electron chi connectivity index (χ4n) is 4.30. The van der Waals surface area contributed by atoms with Gasteiger partial charge in [0.1, 0.15) is 5.69 Å². The molecule has 0 saturated heterocycles. The summed E-state index contributed by atoms with van der Waals surface area (Å²) in [5.41, 5.74) is 5.29. The molecule has 1 N–H and O–H groups in total. The molecule has 1 aromatic heterocycles. The van der Waals surface area contributed by atoms with Crippen LogP contribution in [0.3, 0.4) is 0 Å². The third kappa shape index (κ3) is 4.66. The number of methoxy groups -OCH3 is 1. The molecule has 2 aromatic carbocycles. The van der Waals surface area contributed by atoms with Crippen LogP contribution in [-0.4, -0.2) is 54.5 Å². The lowest BCUT2D eigenvalue weighted by Gasteiger charge is -2.27. The highest BCUT2D eigenvalue weighted by molar-refractivity contribution is 6.00. The number of unbranched alkanes of at least 4 members (excludes halogenated alkanes) is 1. The Morgan fingerprint density at radius 2 is 1.82 bits per heavy atom. The van der Waals surface area contributed by atoms with Crippen LogP contribution in [0, 0.1) is 6.92 Å². The maximum absolute atomic E-state index is 13.4. The van der Waals surface area contributed by atoms with E-state index < -0.39 is 0 Å². The first-order valence-corrected chi connectivity index (χ1v) is 11.9. The van der Waals surface area contributed by atoms with Crippen molar-refractivity contribution in [3.8, 4) is 22.8 Å². The number of ether oxygens (including phenoxy) is 3. The van der Waals surface area contributed by atoms with Crippen molar-refractivity contribution in [1.29, 1.82) is 0 Å². The highest BCUT2D eigenvalue weighted by Crippen LogP contribution is 2.44. The number of hydrogen-bond acceptors (Lipinski definition) is 5. The zero-order valence-electron chi connectivity index (χ0n) is 20.4. The van der Waals surface area contributed by atoms with Gasteiger partial charge < -0.3 is 19.1 Å². The number of carbonyl (C=O) groups is 1. The van der Waals surface area contributed by atoms with Gasteiger partial charge in [0.25, 0.3) is 5.91 Å². The summed E-state index contributed by atoms with van der Waals surface area (Å²) in [6.45, 7) is 8.21. The molecule has 1 atom stereocenters. The molecule has 1 aliphatic rings. The maximum Gasteiger partial charge on any atom is 0.273 e. The highest BCUT2D eigenvalue weighted by Gasteiger charge is 2.42. The molecule has 180 valence electrons. The van der Waals surface area contributed by atoms with Crippen molar-refractivity contribution >= 4 is 5.91 Å². The first-order valence-electron chi connectivity index (χ1n) is 11.9. The number of nitrogens with one attached hydrogen (secondary N) is 1. The van der Waals surface area contributed by atoms with E-state index in [4.69, 9.17) is 14.2 Å². The molecule has 0 bridgehead atoms. The Bertz CT molecular complexity index is 1120. The number of H-pyrrole nitrogens is 1. The van der Waals surface area contributed by atoms with E-state index in [1.807, 2.05) is 42.2 Å². The SMILES string of the molecule is CCCCOc1ccc(C2c3c(-c4ccc(C)cc4)n[nH]c3C(=O)N2CCOC)cc1OCC. The van der Waals surface area contributed by atoms with E-state index in [0.29, 0.717) is 37.8 Å². The van der Waals surface area contributed by atoms with Gasteiger partial charge in [0, 0.05) is 24.8 Å². The lowest BCUT2D eigenvalue weighted by Crippen LogP contribution is -2.32. The van der Waals surface area contributed by atoms with Crippen LogP contribution in [0.4, 0.5) is 0 Å².